The normalized spacial score (nSPS) is 13.7. The molecule has 0 fully saturated rings. The summed E-state index contributed by atoms with van der Waals surface area (Å²) in [5.74, 6) is 0. The molecular weight excluding hydrogens is 832 g/mol. The van der Waals surface area contributed by atoms with E-state index in [1.165, 1.54) is 133 Å². The quantitative estimate of drug-likeness (QED) is 0.157. The van der Waals surface area contributed by atoms with Crippen molar-refractivity contribution in [3.05, 3.63) is 163 Å². The van der Waals surface area contributed by atoms with Crippen LogP contribution in [0.2, 0.25) is 0 Å². The van der Waals surface area contributed by atoms with Gasteiger partial charge in [-0.15, -0.1) is 34.0 Å². The minimum atomic E-state index is -0.0886. The summed E-state index contributed by atoms with van der Waals surface area (Å²) in [6.45, 7) is 13.9. The van der Waals surface area contributed by atoms with Crippen LogP contribution in [0.25, 0.3) is 99.5 Å². The molecule has 2 nitrogen and oxygen atoms in total. The lowest BCUT2D eigenvalue weighted by Crippen LogP contribution is -2.60. The van der Waals surface area contributed by atoms with Gasteiger partial charge < -0.3 is 9.38 Å². The van der Waals surface area contributed by atoms with Gasteiger partial charge in [0.2, 0.25) is 0 Å². The second-order valence-corrected chi connectivity index (χ2v) is 23.3. The smallest absolute Gasteiger partial charge is 0.333 e. The minimum Gasteiger partial charge on any atom is -0.376 e. The molecule has 306 valence electrons. The average molecular weight is 875 g/mol. The van der Waals surface area contributed by atoms with Crippen molar-refractivity contribution in [1.29, 1.82) is 0 Å². The molecule has 6 heterocycles. The highest BCUT2D eigenvalue weighted by Gasteiger charge is 2.46. The Balaban J connectivity index is 1.21. The highest BCUT2D eigenvalue weighted by molar-refractivity contribution is 7.27. The van der Waals surface area contributed by atoms with Gasteiger partial charge in [0.15, 0.2) is 0 Å². The lowest BCUT2D eigenvalue weighted by atomic mass is 9.43. The van der Waals surface area contributed by atoms with Crippen molar-refractivity contribution in [2.24, 2.45) is 0 Å². The van der Waals surface area contributed by atoms with Crippen molar-refractivity contribution in [3.8, 4) is 27.3 Å². The number of rotatable bonds is 2. The number of anilines is 2. The largest absolute Gasteiger partial charge is 0.376 e. The Morgan fingerprint density at radius 3 is 1.97 bits per heavy atom. The molecule has 64 heavy (non-hydrogen) atoms. The molecule has 0 aliphatic carbocycles. The maximum atomic E-state index is 2.73. The average Bonchev–Trinajstić information content (AvgIpc) is 4.07. The molecule has 0 unspecified atom stereocenters. The van der Waals surface area contributed by atoms with E-state index in [1.807, 2.05) is 34.0 Å². The van der Waals surface area contributed by atoms with Crippen LogP contribution in [-0.2, 0) is 10.8 Å². The molecular formula is C58H43BN2S3. The molecule has 2 aliphatic rings. The Hall–Kier alpha value is -6.18. The number of fused-ring (bicyclic) bond motifs is 17. The van der Waals surface area contributed by atoms with Gasteiger partial charge in [0.05, 0.1) is 11.0 Å². The second-order valence-electron chi connectivity index (χ2n) is 20.1. The van der Waals surface area contributed by atoms with Crippen LogP contribution in [0, 0.1) is 0 Å². The van der Waals surface area contributed by atoms with Crippen molar-refractivity contribution < 1.29 is 0 Å². The summed E-state index contributed by atoms with van der Waals surface area (Å²) in [4.78, 5) is 4.03. The van der Waals surface area contributed by atoms with Gasteiger partial charge in [-0.05, 0) is 110 Å². The predicted octanol–water partition coefficient (Wildman–Crippen LogP) is 16.2. The highest BCUT2D eigenvalue weighted by Crippen LogP contribution is 2.54. The fraction of sp³-hybridized carbons (Fsp3) is 0.138. The maximum Gasteiger partial charge on any atom is 0.333 e. The molecule has 4 aromatic heterocycles. The van der Waals surface area contributed by atoms with Gasteiger partial charge in [0.1, 0.15) is 0 Å². The fourth-order valence-corrected chi connectivity index (χ4v) is 14.6. The second kappa shape index (κ2) is 12.8. The van der Waals surface area contributed by atoms with Crippen molar-refractivity contribution in [2.45, 2.75) is 52.4 Å². The molecule has 0 bridgehead atoms. The maximum absolute atomic E-state index is 2.73. The predicted molar refractivity (Wildman–Crippen MR) is 284 cm³/mol. The van der Waals surface area contributed by atoms with Crippen molar-refractivity contribution >= 4 is 135 Å². The molecule has 12 aromatic rings. The Bertz CT molecular complexity index is 3980. The van der Waals surface area contributed by atoms with Crippen LogP contribution >= 0.6 is 34.0 Å². The molecule has 0 radical (unpaired) electrons. The molecule has 0 amide bonds. The van der Waals surface area contributed by atoms with Crippen LogP contribution in [0.3, 0.4) is 0 Å². The van der Waals surface area contributed by atoms with E-state index in [0.717, 1.165) is 0 Å². The van der Waals surface area contributed by atoms with E-state index in [1.54, 1.807) is 0 Å². The van der Waals surface area contributed by atoms with Crippen LogP contribution < -0.4 is 15.7 Å². The summed E-state index contributed by atoms with van der Waals surface area (Å²) in [5, 5.41) is 9.42. The van der Waals surface area contributed by atoms with Crippen molar-refractivity contribution in [1.82, 2.24) is 4.57 Å². The Morgan fingerprint density at radius 1 is 0.500 bits per heavy atom. The Morgan fingerprint density at radius 2 is 1.20 bits per heavy atom. The van der Waals surface area contributed by atoms with Crippen LogP contribution in [0.4, 0.5) is 11.4 Å². The fourth-order valence-electron chi connectivity index (χ4n) is 11.1. The summed E-state index contributed by atoms with van der Waals surface area (Å²) >= 11 is 5.81. The summed E-state index contributed by atoms with van der Waals surface area (Å²) in [5.41, 5.74) is 15.9. The van der Waals surface area contributed by atoms with Crippen molar-refractivity contribution in [3.63, 3.8) is 0 Å². The first-order valence-corrected chi connectivity index (χ1v) is 24.9. The van der Waals surface area contributed by atoms with Gasteiger partial charge in [-0.25, -0.2) is 0 Å². The van der Waals surface area contributed by atoms with Crippen LogP contribution in [0.1, 0.15) is 52.7 Å². The van der Waals surface area contributed by atoms with E-state index >= 15 is 0 Å². The van der Waals surface area contributed by atoms with E-state index in [-0.39, 0.29) is 17.7 Å². The summed E-state index contributed by atoms with van der Waals surface area (Å²) in [6, 6.07) is 58.6. The van der Waals surface area contributed by atoms with Gasteiger partial charge in [-0.3, -0.25) is 0 Å². The molecule has 8 aromatic carbocycles. The van der Waals surface area contributed by atoms with E-state index in [4.69, 9.17) is 0 Å². The van der Waals surface area contributed by atoms with Gasteiger partial charge >= 0.3 is 6.85 Å². The molecule has 0 atom stereocenters. The van der Waals surface area contributed by atoms with Gasteiger partial charge in [-0.1, -0.05) is 133 Å². The zero-order chi connectivity index (χ0) is 43.0. The summed E-state index contributed by atoms with van der Waals surface area (Å²) in [7, 11) is 0. The lowest BCUT2D eigenvalue weighted by Gasteiger charge is -2.42. The third kappa shape index (κ3) is 5.02. The first-order valence-electron chi connectivity index (χ1n) is 22.4. The van der Waals surface area contributed by atoms with E-state index in [0.29, 0.717) is 0 Å². The van der Waals surface area contributed by atoms with E-state index < -0.39 is 0 Å². The van der Waals surface area contributed by atoms with Gasteiger partial charge in [-0.2, -0.15) is 0 Å². The molecule has 0 N–H and O–H groups in total. The van der Waals surface area contributed by atoms with Gasteiger partial charge in [0.25, 0.3) is 0 Å². The number of benzene rings is 8. The van der Waals surface area contributed by atoms with Crippen LogP contribution in [0.5, 0.6) is 0 Å². The van der Waals surface area contributed by atoms with E-state index in [2.05, 4.69) is 203 Å². The number of aromatic nitrogens is 1. The first-order chi connectivity index (χ1) is 31.0. The Kier molecular flexibility index (Phi) is 7.42. The third-order valence-corrected chi connectivity index (χ3v) is 17.7. The van der Waals surface area contributed by atoms with Crippen LogP contribution in [0.15, 0.2) is 152 Å². The monoisotopic (exact) mass is 874 g/mol. The minimum absolute atomic E-state index is 0.00171. The van der Waals surface area contributed by atoms with E-state index in [9.17, 15) is 0 Å². The lowest BCUT2D eigenvalue weighted by molar-refractivity contribution is 0.590. The number of nitrogens with zero attached hydrogens (tertiary/aromatic N) is 2. The Labute approximate surface area is 384 Å². The molecule has 14 rings (SSSR count). The molecule has 0 saturated carbocycles. The number of hydrogen-bond donors (Lipinski definition) is 0. The molecule has 2 aliphatic heterocycles. The summed E-state index contributed by atoms with van der Waals surface area (Å²) < 4.78 is 9.39. The molecule has 0 saturated heterocycles. The topological polar surface area (TPSA) is 8.17 Å². The highest BCUT2D eigenvalue weighted by atomic mass is 32.1. The SMILES string of the molecule is CC(C)(C)c1ccc(N2B3c4cc5cc(-c6ccccc6)sc5cc4-n4c5ccc(C(C)(C)C)cc5c5c6sc7ccccc7c6c(c3c54)-c3cc4sc5ccccc5c4cc32)cc1. The van der Waals surface area contributed by atoms with Crippen molar-refractivity contribution in [2.75, 3.05) is 4.81 Å². The summed E-state index contributed by atoms with van der Waals surface area (Å²) in [6.07, 6.45) is 0. The van der Waals surface area contributed by atoms with Gasteiger partial charge in [0, 0.05) is 83.3 Å². The molecule has 0 spiro atoms. The number of thiophene rings is 3. The zero-order valence-corrected chi connectivity index (χ0v) is 39.1. The standard InChI is InChI=1S/C58H43BN2S3/c1-57(2,3)34-20-23-36(24-21-34)61-44-29-39-37-16-10-12-18-46(37)62-50(39)30-41(44)51-52-38-17-11-13-19-47(38)64-56(52)53-40-28-35(58(4,5)6)22-25-43(40)60-45-31-49-33(26-42(45)59(61)54(51)55(53)60)27-48(63-49)32-14-8-7-9-15-32/h7-31H,1-6H3. The third-order valence-electron chi connectivity index (χ3n) is 14.3. The number of hydrogen-bond acceptors (Lipinski definition) is 4. The first kappa shape index (κ1) is 37.2. The zero-order valence-electron chi connectivity index (χ0n) is 36.6. The molecule has 6 heteroatoms. The van der Waals surface area contributed by atoms with Crippen LogP contribution in [-0.4, -0.2) is 11.4 Å².